The summed E-state index contributed by atoms with van der Waals surface area (Å²) >= 11 is 0. The summed E-state index contributed by atoms with van der Waals surface area (Å²) in [5.41, 5.74) is 1.03. The van der Waals surface area contributed by atoms with Crippen LogP contribution in [0, 0.1) is 0 Å². The minimum Gasteiger partial charge on any atom is -0.480 e. The first-order valence-electron chi connectivity index (χ1n) is 6.87. The van der Waals surface area contributed by atoms with E-state index in [0.717, 1.165) is 18.4 Å². The van der Waals surface area contributed by atoms with Gasteiger partial charge in [-0.05, 0) is 25.3 Å². The normalized spacial score (nSPS) is 15.9. The van der Waals surface area contributed by atoms with Crippen LogP contribution in [0.25, 0.3) is 0 Å². The van der Waals surface area contributed by atoms with Crippen LogP contribution in [0.1, 0.15) is 25.3 Å². The van der Waals surface area contributed by atoms with Crippen LogP contribution in [0.3, 0.4) is 0 Å². The van der Waals surface area contributed by atoms with Gasteiger partial charge in [0.15, 0.2) is 0 Å². The molecule has 1 saturated carbocycles. The lowest BCUT2D eigenvalue weighted by molar-refractivity contribution is -0.143. The number of carboxylic acids is 1. The predicted molar refractivity (Wildman–Crippen MR) is 75.1 cm³/mol. The average Bonchev–Trinajstić information content (AvgIpc) is 3.27. The van der Waals surface area contributed by atoms with Gasteiger partial charge in [-0.3, -0.25) is 14.5 Å². The minimum atomic E-state index is -0.882. The van der Waals surface area contributed by atoms with Crippen LogP contribution in [-0.4, -0.2) is 40.5 Å². The molecule has 5 nitrogen and oxygen atoms in total. The Hall–Kier alpha value is -1.88. The van der Waals surface area contributed by atoms with Gasteiger partial charge in [0, 0.05) is 12.6 Å². The quantitative estimate of drug-likeness (QED) is 0.786. The van der Waals surface area contributed by atoms with E-state index in [-0.39, 0.29) is 18.5 Å². The van der Waals surface area contributed by atoms with Crippen LogP contribution in [0.2, 0.25) is 0 Å². The van der Waals surface area contributed by atoms with Gasteiger partial charge in [0.2, 0.25) is 5.91 Å². The second-order valence-corrected chi connectivity index (χ2v) is 5.18. The van der Waals surface area contributed by atoms with Crippen molar-refractivity contribution >= 4 is 11.9 Å². The van der Waals surface area contributed by atoms with Gasteiger partial charge in [-0.15, -0.1) is 0 Å². The number of hydrogen-bond acceptors (Lipinski definition) is 3. The standard InChI is InChI=1S/C15H20N2O3/c1-11(15(19)20)17(13-7-8-13)10-14(18)16-9-12-5-3-2-4-6-12/h2-6,11,13H,7-10H2,1H3,(H,16,18)(H,19,20). The first-order valence-corrected chi connectivity index (χ1v) is 6.87. The van der Waals surface area contributed by atoms with Gasteiger partial charge in [-0.1, -0.05) is 30.3 Å². The third-order valence-corrected chi connectivity index (χ3v) is 3.53. The lowest BCUT2D eigenvalue weighted by Gasteiger charge is -2.25. The topological polar surface area (TPSA) is 69.6 Å². The zero-order valence-corrected chi connectivity index (χ0v) is 11.6. The number of nitrogens with zero attached hydrogens (tertiary/aromatic N) is 1. The van der Waals surface area contributed by atoms with Gasteiger partial charge in [-0.2, -0.15) is 0 Å². The molecule has 1 atom stereocenters. The Bertz CT molecular complexity index is 471. The highest BCUT2D eigenvalue weighted by Gasteiger charge is 2.35. The summed E-state index contributed by atoms with van der Waals surface area (Å²) in [6, 6.07) is 9.27. The summed E-state index contributed by atoms with van der Waals surface area (Å²) in [7, 11) is 0. The van der Waals surface area contributed by atoms with E-state index in [1.807, 2.05) is 30.3 Å². The molecule has 2 N–H and O–H groups in total. The van der Waals surface area contributed by atoms with E-state index >= 15 is 0 Å². The summed E-state index contributed by atoms with van der Waals surface area (Å²) in [4.78, 5) is 24.8. The predicted octanol–water partition coefficient (Wildman–Crippen LogP) is 1.24. The Balaban J connectivity index is 1.84. The van der Waals surface area contributed by atoms with E-state index < -0.39 is 12.0 Å². The van der Waals surface area contributed by atoms with Crippen LogP contribution in [0.5, 0.6) is 0 Å². The largest absolute Gasteiger partial charge is 0.480 e. The van der Waals surface area contributed by atoms with E-state index in [1.54, 1.807) is 11.8 Å². The molecule has 5 heteroatoms. The average molecular weight is 276 g/mol. The molecule has 0 aliphatic heterocycles. The molecule has 20 heavy (non-hydrogen) atoms. The number of nitrogens with one attached hydrogen (secondary N) is 1. The van der Waals surface area contributed by atoms with Crippen molar-refractivity contribution in [3.63, 3.8) is 0 Å². The number of carboxylic acid groups (broad SMARTS) is 1. The summed E-state index contributed by atoms with van der Waals surface area (Å²) in [6.45, 7) is 2.25. The smallest absolute Gasteiger partial charge is 0.320 e. The Morgan fingerprint density at radius 2 is 2.00 bits per heavy atom. The number of hydrogen-bond donors (Lipinski definition) is 2. The molecule has 0 heterocycles. The maximum Gasteiger partial charge on any atom is 0.320 e. The molecule has 1 fully saturated rings. The maximum atomic E-state index is 11.9. The molecule has 108 valence electrons. The number of carbonyl (C=O) groups is 2. The number of carbonyl (C=O) groups excluding carboxylic acids is 1. The van der Waals surface area contributed by atoms with Gasteiger partial charge in [0.05, 0.1) is 6.54 Å². The third kappa shape index (κ3) is 4.06. The van der Waals surface area contributed by atoms with E-state index in [0.29, 0.717) is 6.54 Å². The van der Waals surface area contributed by atoms with Crippen molar-refractivity contribution in [2.24, 2.45) is 0 Å². The molecule has 1 aromatic carbocycles. The first-order chi connectivity index (χ1) is 9.58. The van der Waals surface area contributed by atoms with E-state index in [9.17, 15) is 9.59 Å². The Kier molecular flexibility index (Phi) is 4.74. The number of amides is 1. The lowest BCUT2D eigenvalue weighted by atomic mass is 10.2. The van der Waals surface area contributed by atoms with Gasteiger partial charge in [-0.25, -0.2) is 0 Å². The lowest BCUT2D eigenvalue weighted by Crippen LogP contribution is -2.46. The molecule has 1 aliphatic rings. The van der Waals surface area contributed by atoms with Crippen molar-refractivity contribution in [2.75, 3.05) is 6.54 Å². The number of aliphatic carboxylic acids is 1. The van der Waals surface area contributed by atoms with Gasteiger partial charge >= 0.3 is 5.97 Å². The fourth-order valence-electron chi connectivity index (χ4n) is 2.15. The molecule has 0 bridgehead atoms. The number of rotatable bonds is 7. The highest BCUT2D eigenvalue weighted by atomic mass is 16.4. The summed E-state index contributed by atoms with van der Waals surface area (Å²) < 4.78 is 0. The van der Waals surface area contributed by atoms with Crippen LogP contribution in [0.15, 0.2) is 30.3 Å². The van der Waals surface area contributed by atoms with Gasteiger partial charge in [0.25, 0.3) is 0 Å². The van der Waals surface area contributed by atoms with Crippen molar-refractivity contribution in [1.82, 2.24) is 10.2 Å². The number of benzene rings is 1. The van der Waals surface area contributed by atoms with Gasteiger partial charge in [0.1, 0.15) is 6.04 Å². The summed E-state index contributed by atoms with van der Waals surface area (Å²) in [5.74, 6) is -1.01. The molecule has 1 amide bonds. The van der Waals surface area contributed by atoms with Crippen LogP contribution in [0.4, 0.5) is 0 Å². The molecule has 0 aromatic heterocycles. The van der Waals surface area contributed by atoms with E-state index in [2.05, 4.69) is 5.32 Å². The minimum absolute atomic E-state index is 0.131. The fraction of sp³-hybridized carbons (Fsp3) is 0.467. The highest BCUT2D eigenvalue weighted by Crippen LogP contribution is 2.28. The Morgan fingerprint density at radius 1 is 1.35 bits per heavy atom. The third-order valence-electron chi connectivity index (χ3n) is 3.53. The van der Waals surface area contributed by atoms with Crippen LogP contribution < -0.4 is 5.32 Å². The van der Waals surface area contributed by atoms with Crippen molar-refractivity contribution < 1.29 is 14.7 Å². The maximum absolute atomic E-state index is 11.9. The van der Waals surface area contributed by atoms with Crippen molar-refractivity contribution in [3.8, 4) is 0 Å². The van der Waals surface area contributed by atoms with Crippen LogP contribution >= 0.6 is 0 Å². The Labute approximate surface area is 118 Å². The zero-order chi connectivity index (χ0) is 14.5. The monoisotopic (exact) mass is 276 g/mol. The van der Waals surface area contributed by atoms with Crippen molar-refractivity contribution in [2.45, 2.75) is 38.4 Å². The SMILES string of the molecule is CC(C(=O)O)N(CC(=O)NCc1ccccc1)C1CC1. The molecular weight excluding hydrogens is 256 g/mol. The van der Waals surface area contributed by atoms with Crippen molar-refractivity contribution in [1.29, 1.82) is 0 Å². The fourth-order valence-corrected chi connectivity index (χ4v) is 2.15. The first kappa shape index (κ1) is 14.5. The molecule has 1 aromatic rings. The molecule has 1 aliphatic carbocycles. The second-order valence-electron chi connectivity index (χ2n) is 5.18. The summed E-state index contributed by atoms with van der Waals surface area (Å²) in [5, 5.41) is 11.9. The Morgan fingerprint density at radius 3 is 2.55 bits per heavy atom. The highest BCUT2D eigenvalue weighted by molar-refractivity contribution is 5.80. The van der Waals surface area contributed by atoms with Crippen LogP contribution in [-0.2, 0) is 16.1 Å². The molecule has 0 saturated heterocycles. The molecular formula is C15H20N2O3. The molecule has 0 spiro atoms. The summed E-state index contributed by atoms with van der Waals surface area (Å²) in [6.07, 6.45) is 1.95. The van der Waals surface area contributed by atoms with E-state index in [4.69, 9.17) is 5.11 Å². The zero-order valence-electron chi connectivity index (χ0n) is 11.6. The molecule has 2 rings (SSSR count). The molecule has 1 unspecified atom stereocenters. The van der Waals surface area contributed by atoms with E-state index in [1.165, 1.54) is 0 Å². The second kappa shape index (κ2) is 6.52. The molecule has 0 radical (unpaired) electrons. The van der Waals surface area contributed by atoms with Crippen molar-refractivity contribution in [3.05, 3.63) is 35.9 Å². The van der Waals surface area contributed by atoms with Gasteiger partial charge < -0.3 is 10.4 Å².